The van der Waals surface area contributed by atoms with Gasteiger partial charge < -0.3 is 10.0 Å². The van der Waals surface area contributed by atoms with Gasteiger partial charge in [0.25, 0.3) is 11.8 Å². The monoisotopic (exact) mass is 363 g/mol. The van der Waals surface area contributed by atoms with Gasteiger partial charge in [-0.25, -0.2) is 0 Å². The summed E-state index contributed by atoms with van der Waals surface area (Å²) < 4.78 is 0. The first-order chi connectivity index (χ1) is 12.0. The van der Waals surface area contributed by atoms with Gasteiger partial charge in [-0.2, -0.15) is 0 Å². The molecule has 2 aliphatic rings. The van der Waals surface area contributed by atoms with Gasteiger partial charge >= 0.3 is 0 Å². The summed E-state index contributed by atoms with van der Waals surface area (Å²) in [6, 6.07) is 3.82. The fourth-order valence-corrected chi connectivity index (χ4v) is 4.13. The van der Waals surface area contributed by atoms with E-state index in [-0.39, 0.29) is 24.3 Å². The Kier molecular flexibility index (Phi) is 5.56. The van der Waals surface area contributed by atoms with Crippen LogP contribution in [0.4, 0.5) is 0 Å². The molecule has 1 aromatic heterocycles. The predicted octanol–water partition coefficient (Wildman–Crippen LogP) is 1.09. The van der Waals surface area contributed by atoms with Gasteiger partial charge in [0.15, 0.2) is 0 Å². The number of carbonyl (C=O) groups is 2. The predicted molar refractivity (Wildman–Crippen MR) is 97.9 cm³/mol. The summed E-state index contributed by atoms with van der Waals surface area (Å²) in [6.45, 7) is 8.21. The van der Waals surface area contributed by atoms with Crippen LogP contribution in [0.25, 0.3) is 5.57 Å². The molecule has 0 unspecified atom stereocenters. The molecule has 136 valence electrons. The Morgan fingerprint density at radius 2 is 1.88 bits per heavy atom. The van der Waals surface area contributed by atoms with Gasteiger partial charge in [-0.15, -0.1) is 11.3 Å². The fraction of sp³-hybridized carbons (Fsp3) is 0.556. The molecule has 1 saturated heterocycles. The number of aliphatic hydroxyl groups excluding tert-OH is 1. The molecule has 2 amide bonds. The lowest BCUT2D eigenvalue weighted by Gasteiger charge is -2.36. The Morgan fingerprint density at radius 1 is 1.16 bits per heavy atom. The summed E-state index contributed by atoms with van der Waals surface area (Å²) in [5.74, 6) is -0.107. The Bertz CT molecular complexity index is 661. The van der Waals surface area contributed by atoms with Gasteiger partial charge in [-0.3, -0.25) is 19.4 Å². The van der Waals surface area contributed by atoms with E-state index >= 15 is 0 Å². The number of hydrogen-bond donors (Lipinski definition) is 1. The van der Waals surface area contributed by atoms with Crippen LogP contribution in [0.2, 0.25) is 0 Å². The van der Waals surface area contributed by atoms with Crippen molar-refractivity contribution in [3.8, 4) is 0 Å². The van der Waals surface area contributed by atoms with Crippen LogP contribution in [0.15, 0.2) is 23.2 Å². The van der Waals surface area contributed by atoms with Crippen LogP contribution >= 0.6 is 11.3 Å². The SMILES string of the molecule is CC(C)CN1C(=O)C(c2cccs2)=C(N2CCN(CCO)CC2)C1=O. The van der Waals surface area contributed by atoms with Crippen molar-refractivity contribution in [1.29, 1.82) is 0 Å². The van der Waals surface area contributed by atoms with Crippen LogP contribution in [0.1, 0.15) is 18.7 Å². The molecule has 3 rings (SSSR count). The Morgan fingerprint density at radius 3 is 2.44 bits per heavy atom. The minimum atomic E-state index is -0.172. The zero-order valence-corrected chi connectivity index (χ0v) is 15.6. The maximum absolute atomic E-state index is 13.0. The van der Waals surface area contributed by atoms with E-state index in [1.807, 2.05) is 36.3 Å². The second kappa shape index (κ2) is 7.68. The first-order valence-electron chi connectivity index (χ1n) is 8.75. The molecule has 1 fully saturated rings. The van der Waals surface area contributed by atoms with Crippen molar-refractivity contribution in [3.63, 3.8) is 0 Å². The molecule has 0 saturated carbocycles. The third-order valence-corrected chi connectivity index (χ3v) is 5.45. The number of hydrogen-bond acceptors (Lipinski definition) is 6. The third-order valence-electron chi connectivity index (χ3n) is 4.56. The molecule has 7 heteroatoms. The minimum absolute atomic E-state index is 0.142. The van der Waals surface area contributed by atoms with Gasteiger partial charge in [0.1, 0.15) is 5.70 Å². The van der Waals surface area contributed by atoms with Crippen LogP contribution in [0.5, 0.6) is 0 Å². The van der Waals surface area contributed by atoms with Crippen LogP contribution in [0.3, 0.4) is 0 Å². The smallest absolute Gasteiger partial charge is 0.277 e. The van der Waals surface area contributed by atoms with Crippen molar-refractivity contribution in [1.82, 2.24) is 14.7 Å². The maximum atomic E-state index is 13.0. The number of β-amino-alcohol motifs (C(OH)–C–C–N with tert-alkyl or cyclic N) is 1. The first-order valence-corrected chi connectivity index (χ1v) is 9.63. The van der Waals surface area contributed by atoms with Crippen molar-refractivity contribution >= 4 is 28.7 Å². The van der Waals surface area contributed by atoms with Gasteiger partial charge in [-0.05, 0) is 17.4 Å². The lowest BCUT2D eigenvalue weighted by molar-refractivity contribution is -0.138. The number of rotatable bonds is 6. The van der Waals surface area contributed by atoms with E-state index in [0.717, 1.165) is 18.0 Å². The highest BCUT2D eigenvalue weighted by Gasteiger charge is 2.42. The number of piperazine rings is 1. The molecule has 1 N–H and O–H groups in total. The summed E-state index contributed by atoms with van der Waals surface area (Å²) in [6.07, 6.45) is 0. The quantitative estimate of drug-likeness (QED) is 0.767. The zero-order valence-electron chi connectivity index (χ0n) is 14.8. The fourth-order valence-electron chi connectivity index (χ4n) is 3.37. The highest BCUT2D eigenvalue weighted by molar-refractivity contribution is 7.11. The standard InChI is InChI=1S/C18H25N3O3S/c1-13(2)12-21-17(23)15(14-4-3-11-25-14)16(18(21)24)20-7-5-19(6-8-20)9-10-22/h3-4,11,13,22H,5-10,12H2,1-2H3. The van der Waals surface area contributed by atoms with E-state index in [4.69, 9.17) is 5.11 Å². The third kappa shape index (κ3) is 3.63. The molecular weight excluding hydrogens is 338 g/mol. The summed E-state index contributed by atoms with van der Waals surface area (Å²) in [5.41, 5.74) is 1.10. The largest absolute Gasteiger partial charge is 0.395 e. The molecule has 6 nitrogen and oxygen atoms in total. The maximum Gasteiger partial charge on any atom is 0.277 e. The van der Waals surface area contributed by atoms with Crippen LogP contribution in [-0.2, 0) is 9.59 Å². The van der Waals surface area contributed by atoms with Gasteiger partial charge in [0, 0.05) is 44.1 Å². The molecule has 0 bridgehead atoms. The zero-order chi connectivity index (χ0) is 18.0. The highest BCUT2D eigenvalue weighted by atomic mass is 32.1. The van der Waals surface area contributed by atoms with E-state index in [9.17, 15) is 9.59 Å². The molecule has 2 aliphatic heterocycles. The van der Waals surface area contributed by atoms with Crippen LogP contribution < -0.4 is 0 Å². The van der Waals surface area contributed by atoms with Crippen molar-refractivity contribution in [3.05, 3.63) is 28.1 Å². The number of nitrogens with zero attached hydrogens (tertiary/aromatic N) is 3. The van der Waals surface area contributed by atoms with Crippen molar-refractivity contribution in [2.24, 2.45) is 5.92 Å². The summed E-state index contributed by atoms with van der Waals surface area (Å²) in [5, 5.41) is 11.0. The molecule has 0 aliphatic carbocycles. The lowest BCUT2D eigenvalue weighted by atomic mass is 10.1. The number of aliphatic hydroxyl groups is 1. The van der Waals surface area contributed by atoms with E-state index in [1.54, 1.807) is 0 Å². The van der Waals surface area contributed by atoms with E-state index in [0.29, 0.717) is 37.4 Å². The van der Waals surface area contributed by atoms with Crippen molar-refractivity contribution in [2.45, 2.75) is 13.8 Å². The van der Waals surface area contributed by atoms with E-state index < -0.39 is 0 Å². The van der Waals surface area contributed by atoms with Crippen LogP contribution in [0, 0.1) is 5.92 Å². The highest BCUT2D eigenvalue weighted by Crippen LogP contribution is 2.34. The second-order valence-corrected chi connectivity index (χ2v) is 7.82. The molecule has 0 aromatic carbocycles. The van der Waals surface area contributed by atoms with Crippen LogP contribution in [-0.4, -0.2) is 77.5 Å². The Labute approximate surface area is 152 Å². The normalized spacial score (nSPS) is 19.7. The molecular formula is C18H25N3O3S. The van der Waals surface area contributed by atoms with Crippen molar-refractivity contribution in [2.75, 3.05) is 45.9 Å². The van der Waals surface area contributed by atoms with E-state index in [2.05, 4.69) is 4.90 Å². The lowest BCUT2D eigenvalue weighted by Crippen LogP contribution is -2.48. The number of amides is 2. The topological polar surface area (TPSA) is 64.1 Å². The van der Waals surface area contributed by atoms with E-state index in [1.165, 1.54) is 16.2 Å². The number of carbonyl (C=O) groups excluding carboxylic acids is 2. The summed E-state index contributed by atoms with van der Waals surface area (Å²) in [4.78, 5) is 32.5. The molecule has 1 aromatic rings. The Hall–Kier alpha value is -1.70. The molecule has 0 atom stereocenters. The average molecular weight is 363 g/mol. The average Bonchev–Trinajstić information content (AvgIpc) is 3.18. The summed E-state index contributed by atoms with van der Waals surface area (Å²) in [7, 11) is 0. The van der Waals surface area contributed by atoms with Gasteiger partial charge in [-0.1, -0.05) is 19.9 Å². The molecule has 25 heavy (non-hydrogen) atoms. The molecule has 0 radical (unpaired) electrons. The Balaban J connectivity index is 1.89. The second-order valence-electron chi connectivity index (χ2n) is 6.87. The van der Waals surface area contributed by atoms with Gasteiger partial charge in [0.2, 0.25) is 0 Å². The van der Waals surface area contributed by atoms with Crippen molar-refractivity contribution < 1.29 is 14.7 Å². The molecule has 3 heterocycles. The minimum Gasteiger partial charge on any atom is -0.395 e. The number of imide groups is 1. The first kappa shape index (κ1) is 18.1. The number of thiophene rings is 1. The summed E-state index contributed by atoms with van der Waals surface area (Å²) >= 11 is 1.50. The molecule has 0 spiro atoms. The van der Waals surface area contributed by atoms with Gasteiger partial charge in [0.05, 0.1) is 12.2 Å².